The van der Waals surface area contributed by atoms with E-state index in [0.717, 1.165) is 16.3 Å². The monoisotopic (exact) mass is 348 g/mol. The zero-order valence-corrected chi connectivity index (χ0v) is 15.7. The summed E-state index contributed by atoms with van der Waals surface area (Å²) >= 11 is 1.65. The summed E-state index contributed by atoms with van der Waals surface area (Å²) in [5, 5.41) is 9.63. The van der Waals surface area contributed by atoms with Gasteiger partial charge in [-0.05, 0) is 24.1 Å². The Balaban J connectivity index is 1.88. The normalized spacial score (nSPS) is 12.3. The quantitative estimate of drug-likeness (QED) is 0.653. The molecular formula is C18H25FN4S. The Hall–Kier alpha value is -1.95. The van der Waals surface area contributed by atoms with Crippen LogP contribution in [0.25, 0.3) is 0 Å². The van der Waals surface area contributed by atoms with E-state index < -0.39 is 0 Å². The third kappa shape index (κ3) is 5.03. The summed E-state index contributed by atoms with van der Waals surface area (Å²) in [7, 11) is 1.73. The Labute approximate surface area is 147 Å². The Morgan fingerprint density at radius 1 is 1.25 bits per heavy atom. The van der Waals surface area contributed by atoms with E-state index in [-0.39, 0.29) is 11.2 Å². The zero-order valence-electron chi connectivity index (χ0n) is 14.9. The highest BCUT2D eigenvalue weighted by Crippen LogP contribution is 2.23. The maximum absolute atomic E-state index is 13.3. The number of hydrogen-bond donors (Lipinski definition) is 2. The van der Waals surface area contributed by atoms with Crippen molar-refractivity contribution in [2.75, 3.05) is 7.05 Å². The first kappa shape index (κ1) is 18.4. The molecule has 24 heavy (non-hydrogen) atoms. The molecule has 4 nitrogen and oxygen atoms in total. The van der Waals surface area contributed by atoms with Gasteiger partial charge in [-0.3, -0.25) is 4.99 Å². The summed E-state index contributed by atoms with van der Waals surface area (Å²) in [4.78, 5) is 8.87. The van der Waals surface area contributed by atoms with Crippen molar-refractivity contribution in [3.63, 3.8) is 0 Å². The van der Waals surface area contributed by atoms with Crippen LogP contribution in [-0.4, -0.2) is 18.0 Å². The van der Waals surface area contributed by atoms with Gasteiger partial charge in [0.05, 0.1) is 12.2 Å². The highest BCUT2D eigenvalue weighted by atomic mass is 32.1. The van der Waals surface area contributed by atoms with Gasteiger partial charge < -0.3 is 10.6 Å². The number of aromatic nitrogens is 1. The summed E-state index contributed by atoms with van der Waals surface area (Å²) in [6.07, 6.45) is 0. The first-order chi connectivity index (χ1) is 11.3. The van der Waals surface area contributed by atoms with Crippen molar-refractivity contribution in [3.8, 4) is 0 Å². The smallest absolute Gasteiger partial charge is 0.191 e. The molecule has 0 saturated heterocycles. The molecule has 0 aliphatic heterocycles. The van der Waals surface area contributed by atoms with Crippen molar-refractivity contribution in [1.82, 2.24) is 15.6 Å². The lowest BCUT2D eigenvalue weighted by atomic mass is 9.93. The lowest BCUT2D eigenvalue weighted by molar-refractivity contribution is 0.570. The topological polar surface area (TPSA) is 49.3 Å². The second kappa shape index (κ2) is 7.75. The van der Waals surface area contributed by atoms with Crippen LogP contribution in [0.1, 0.15) is 42.6 Å². The molecule has 0 atom stereocenters. The second-order valence-corrected chi connectivity index (χ2v) is 7.68. The number of aryl methyl sites for hydroxylation is 1. The third-order valence-electron chi connectivity index (χ3n) is 3.63. The lowest BCUT2D eigenvalue weighted by Crippen LogP contribution is -2.36. The third-order valence-corrected chi connectivity index (χ3v) is 4.48. The average molecular weight is 348 g/mol. The number of guanidine groups is 1. The summed E-state index contributed by atoms with van der Waals surface area (Å²) in [6, 6.07) is 5.11. The second-order valence-electron chi connectivity index (χ2n) is 6.74. The van der Waals surface area contributed by atoms with E-state index in [1.54, 1.807) is 31.4 Å². The first-order valence-electron chi connectivity index (χ1n) is 7.94. The fraction of sp³-hybridized carbons (Fsp3) is 0.444. The Morgan fingerprint density at radius 2 is 1.96 bits per heavy atom. The van der Waals surface area contributed by atoms with Crippen molar-refractivity contribution in [3.05, 3.63) is 51.2 Å². The minimum absolute atomic E-state index is 0.0646. The summed E-state index contributed by atoms with van der Waals surface area (Å²) < 4.78 is 13.3. The number of hydrogen-bond acceptors (Lipinski definition) is 3. The minimum Gasteiger partial charge on any atom is -0.352 e. The van der Waals surface area contributed by atoms with Crippen LogP contribution in [0, 0.1) is 12.7 Å². The molecular weight excluding hydrogens is 323 g/mol. The highest BCUT2D eigenvalue weighted by Gasteiger charge is 2.17. The van der Waals surface area contributed by atoms with Crippen molar-refractivity contribution in [2.24, 2.45) is 4.99 Å². The molecule has 130 valence electrons. The van der Waals surface area contributed by atoms with E-state index in [1.807, 2.05) is 6.07 Å². The van der Waals surface area contributed by atoms with Crippen LogP contribution in [0.15, 0.2) is 28.6 Å². The van der Waals surface area contributed by atoms with Gasteiger partial charge in [0.25, 0.3) is 0 Å². The summed E-state index contributed by atoms with van der Waals surface area (Å²) in [6.45, 7) is 9.45. The molecule has 0 bridgehead atoms. The molecule has 0 radical (unpaired) electrons. The molecule has 0 unspecified atom stereocenters. The molecule has 1 heterocycles. The van der Waals surface area contributed by atoms with Crippen LogP contribution in [0.5, 0.6) is 0 Å². The molecule has 2 rings (SSSR count). The van der Waals surface area contributed by atoms with Crippen molar-refractivity contribution in [2.45, 2.75) is 46.2 Å². The molecule has 0 amide bonds. The Morgan fingerprint density at radius 3 is 2.54 bits per heavy atom. The largest absolute Gasteiger partial charge is 0.352 e. The number of halogens is 1. The molecule has 0 aliphatic carbocycles. The average Bonchev–Trinajstić information content (AvgIpc) is 3.00. The SMILES string of the molecule is CN=C(NCc1ccc(F)c(C)c1)NCc1nc(C(C)(C)C)cs1. The van der Waals surface area contributed by atoms with Crippen LogP contribution >= 0.6 is 11.3 Å². The zero-order chi connectivity index (χ0) is 17.7. The van der Waals surface area contributed by atoms with Gasteiger partial charge in [-0.25, -0.2) is 9.37 Å². The number of nitrogens with one attached hydrogen (secondary N) is 2. The molecule has 1 aromatic heterocycles. The molecule has 1 aromatic carbocycles. The van der Waals surface area contributed by atoms with Crippen LogP contribution in [0.3, 0.4) is 0 Å². The van der Waals surface area contributed by atoms with E-state index in [2.05, 4.69) is 46.8 Å². The van der Waals surface area contributed by atoms with Gasteiger partial charge in [-0.15, -0.1) is 11.3 Å². The molecule has 2 aromatic rings. The Bertz CT molecular complexity index is 716. The fourth-order valence-electron chi connectivity index (χ4n) is 2.12. The maximum Gasteiger partial charge on any atom is 0.191 e. The number of thiazole rings is 1. The summed E-state index contributed by atoms with van der Waals surface area (Å²) in [5.41, 5.74) is 2.83. The molecule has 0 fully saturated rings. The minimum atomic E-state index is -0.181. The standard InChI is InChI=1S/C18H25FN4S/c1-12-8-13(6-7-14(12)19)9-21-17(20-5)22-10-16-23-15(11-24-16)18(2,3)4/h6-8,11H,9-10H2,1-5H3,(H2,20,21,22). The lowest BCUT2D eigenvalue weighted by Gasteiger charge is -2.14. The maximum atomic E-state index is 13.3. The van der Waals surface area contributed by atoms with Gasteiger partial charge in [0.1, 0.15) is 10.8 Å². The summed E-state index contributed by atoms with van der Waals surface area (Å²) in [5.74, 6) is 0.518. The Kier molecular flexibility index (Phi) is 5.94. The van der Waals surface area contributed by atoms with Crippen LogP contribution < -0.4 is 10.6 Å². The molecule has 6 heteroatoms. The first-order valence-corrected chi connectivity index (χ1v) is 8.82. The van der Waals surface area contributed by atoms with Crippen molar-refractivity contribution >= 4 is 17.3 Å². The molecule has 0 spiro atoms. The number of nitrogens with zero attached hydrogens (tertiary/aromatic N) is 2. The van der Waals surface area contributed by atoms with Crippen molar-refractivity contribution in [1.29, 1.82) is 0 Å². The molecule has 0 aliphatic rings. The van der Waals surface area contributed by atoms with Crippen LogP contribution in [-0.2, 0) is 18.5 Å². The van der Waals surface area contributed by atoms with Crippen molar-refractivity contribution < 1.29 is 4.39 Å². The van der Waals surface area contributed by atoms with Gasteiger partial charge in [0.2, 0.25) is 0 Å². The number of rotatable bonds is 4. The van der Waals surface area contributed by atoms with Crippen LogP contribution in [0.2, 0.25) is 0 Å². The van der Waals surface area contributed by atoms with E-state index in [1.165, 1.54) is 6.07 Å². The predicted molar refractivity (Wildman–Crippen MR) is 99.0 cm³/mol. The number of aliphatic imine (C=N–C) groups is 1. The fourth-order valence-corrected chi connectivity index (χ4v) is 3.08. The van der Waals surface area contributed by atoms with E-state index in [0.29, 0.717) is 24.6 Å². The van der Waals surface area contributed by atoms with Gasteiger partial charge in [0.15, 0.2) is 5.96 Å². The van der Waals surface area contributed by atoms with Gasteiger partial charge >= 0.3 is 0 Å². The van der Waals surface area contributed by atoms with E-state index in [4.69, 9.17) is 0 Å². The number of benzene rings is 1. The van der Waals surface area contributed by atoms with Gasteiger partial charge in [-0.2, -0.15) is 0 Å². The van der Waals surface area contributed by atoms with Gasteiger partial charge in [0, 0.05) is 24.4 Å². The highest BCUT2D eigenvalue weighted by molar-refractivity contribution is 7.09. The molecule has 2 N–H and O–H groups in total. The van der Waals surface area contributed by atoms with E-state index in [9.17, 15) is 4.39 Å². The van der Waals surface area contributed by atoms with Crippen LogP contribution in [0.4, 0.5) is 4.39 Å². The molecule has 0 saturated carbocycles. The predicted octanol–water partition coefficient (Wildman–Crippen LogP) is 3.75. The van der Waals surface area contributed by atoms with Gasteiger partial charge in [-0.1, -0.05) is 32.9 Å². The van der Waals surface area contributed by atoms with E-state index >= 15 is 0 Å².